The average molecular weight is 256 g/mol. The molecule has 0 bridgehead atoms. The van der Waals surface area contributed by atoms with Gasteiger partial charge in [0.15, 0.2) is 0 Å². The van der Waals surface area contributed by atoms with Crippen molar-refractivity contribution in [2.75, 3.05) is 26.2 Å². The van der Waals surface area contributed by atoms with Crippen LogP contribution in [0.1, 0.15) is 33.6 Å². The van der Waals surface area contributed by atoms with Gasteiger partial charge in [0.2, 0.25) is 0 Å². The minimum Gasteiger partial charge on any atom is -0.480 e. The molecule has 1 N–H and O–H groups in total. The number of aliphatic carboxylic acids is 1. The molecule has 1 atom stereocenters. The molecule has 0 spiro atoms. The average Bonchev–Trinajstić information content (AvgIpc) is 2.26. The molecule has 5 nitrogen and oxygen atoms in total. The van der Waals surface area contributed by atoms with Crippen LogP contribution in [0.3, 0.4) is 0 Å². The molecule has 1 aliphatic rings. The highest BCUT2D eigenvalue weighted by atomic mass is 16.4. The van der Waals surface area contributed by atoms with E-state index in [1.165, 1.54) is 4.90 Å². The lowest BCUT2D eigenvalue weighted by atomic mass is 10.0. The van der Waals surface area contributed by atoms with Crippen LogP contribution in [0.25, 0.3) is 0 Å². The molecule has 1 saturated heterocycles. The van der Waals surface area contributed by atoms with Gasteiger partial charge in [0.05, 0.1) is 0 Å². The highest BCUT2D eigenvalue weighted by Gasteiger charge is 2.26. The topological polar surface area (TPSA) is 60.9 Å². The van der Waals surface area contributed by atoms with Gasteiger partial charge in [0.1, 0.15) is 6.54 Å². The number of carbonyl (C=O) groups is 2. The van der Waals surface area contributed by atoms with E-state index in [0.29, 0.717) is 12.5 Å². The van der Waals surface area contributed by atoms with Crippen molar-refractivity contribution in [3.05, 3.63) is 0 Å². The summed E-state index contributed by atoms with van der Waals surface area (Å²) in [6, 6.07) is -0.127. The van der Waals surface area contributed by atoms with E-state index in [9.17, 15) is 9.59 Å². The standard InChI is InChI=1S/C13H24N2O3/c1-10(2)7-15(9-12(16)17)13(18)14-6-4-5-11(3)8-14/h10-11H,4-9H2,1-3H3,(H,16,17). The summed E-state index contributed by atoms with van der Waals surface area (Å²) in [5.74, 6) is -0.169. The van der Waals surface area contributed by atoms with Crippen LogP contribution >= 0.6 is 0 Å². The summed E-state index contributed by atoms with van der Waals surface area (Å²) < 4.78 is 0. The SMILES string of the molecule is CC(C)CN(CC(=O)O)C(=O)N1CCCC(C)C1. The van der Waals surface area contributed by atoms with Crippen molar-refractivity contribution in [1.82, 2.24) is 9.80 Å². The predicted octanol–water partition coefficient (Wildman–Crippen LogP) is 1.88. The van der Waals surface area contributed by atoms with Crippen LogP contribution < -0.4 is 0 Å². The van der Waals surface area contributed by atoms with Gasteiger partial charge in [0.25, 0.3) is 0 Å². The predicted molar refractivity (Wildman–Crippen MR) is 69.4 cm³/mol. The Labute approximate surface area is 109 Å². The summed E-state index contributed by atoms with van der Waals surface area (Å²) in [4.78, 5) is 26.4. The van der Waals surface area contributed by atoms with Gasteiger partial charge >= 0.3 is 12.0 Å². The fraction of sp³-hybridized carbons (Fsp3) is 0.846. The van der Waals surface area contributed by atoms with E-state index in [1.54, 1.807) is 4.90 Å². The van der Waals surface area contributed by atoms with Crippen molar-refractivity contribution in [1.29, 1.82) is 0 Å². The van der Waals surface area contributed by atoms with Crippen LogP contribution in [0, 0.1) is 11.8 Å². The van der Waals surface area contributed by atoms with Crippen LogP contribution in [0.15, 0.2) is 0 Å². The van der Waals surface area contributed by atoms with Crippen LogP contribution in [0.5, 0.6) is 0 Å². The van der Waals surface area contributed by atoms with Gasteiger partial charge < -0.3 is 14.9 Å². The number of hydrogen-bond donors (Lipinski definition) is 1. The molecule has 1 heterocycles. The number of urea groups is 1. The minimum absolute atomic E-state index is 0.127. The molecule has 0 aromatic rings. The number of carboxylic acids is 1. The van der Waals surface area contributed by atoms with Gasteiger partial charge in [-0.25, -0.2) is 4.79 Å². The van der Waals surface area contributed by atoms with E-state index >= 15 is 0 Å². The number of hydrogen-bond acceptors (Lipinski definition) is 2. The molecule has 1 fully saturated rings. The molecule has 5 heteroatoms. The first-order valence-corrected chi connectivity index (χ1v) is 6.65. The van der Waals surface area contributed by atoms with E-state index in [4.69, 9.17) is 5.11 Å². The Morgan fingerprint density at radius 3 is 2.61 bits per heavy atom. The maximum absolute atomic E-state index is 12.3. The Morgan fingerprint density at radius 1 is 1.44 bits per heavy atom. The summed E-state index contributed by atoms with van der Waals surface area (Å²) in [5.41, 5.74) is 0. The lowest BCUT2D eigenvalue weighted by Crippen LogP contribution is -2.49. The normalized spacial score (nSPS) is 20.0. The Bertz CT molecular complexity index is 305. The summed E-state index contributed by atoms with van der Waals surface area (Å²) in [6.45, 7) is 7.88. The van der Waals surface area contributed by atoms with Crippen molar-refractivity contribution in [2.45, 2.75) is 33.6 Å². The fourth-order valence-corrected chi connectivity index (χ4v) is 2.38. The highest BCUT2D eigenvalue weighted by Crippen LogP contribution is 2.17. The summed E-state index contributed by atoms with van der Waals surface area (Å²) in [5, 5.41) is 8.88. The van der Waals surface area contributed by atoms with Gasteiger partial charge in [-0.1, -0.05) is 20.8 Å². The van der Waals surface area contributed by atoms with Crippen molar-refractivity contribution < 1.29 is 14.7 Å². The van der Waals surface area contributed by atoms with Crippen molar-refractivity contribution in [3.8, 4) is 0 Å². The molecule has 1 rings (SSSR count). The van der Waals surface area contributed by atoms with Gasteiger partial charge in [0, 0.05) is 19.6 Å². The molecule has 1 aliphatic heterocycles. The van der Waals surface area contributed by atoms with E-state index < -0.39 is 5.97 Å². The van der Waals surface area contributed by atoms with Gasteiger partial charge in [-0.2, -0.15) is 0 Å². The molecule has 0 saturated carbocycles. The summed E-state index contributed by atoms with van der Waals surface area (Å²) >= 11 is 0. The molecule has 2 amide bonds. The first-order valence-electron chi connectivity index (χ1n) is 6.65. The summed E-state index contributed by atoms with van der Waals surface area (Å²) in [7, 11) is 0. The third kappa shape index (κ3) is 4.55. The number of nitrogens with zero attached hydrogens (tertiary/aromatic N) is 2. The van der Waals surface area contributed by atoms with E-state index in [1.807, 2.05) is 13.8 Å². The number of piperidine rings is 1. The van der Waals surface area contributed by atoms with Crippen LogP contribution in [0.4, 0.5) is 4.79 Å². The third-order valence-electron chi connectivity index (χ3n) is 3.11. The molecule has 104 valence electrons. The van der Waals surface area contributed by atoms with Crippen molar-refractivity contribution in [3.63, 3.8) is 0 Å². The maximum Gasteiger partial charge on any atom is 0.323 e. The largest absolute Gasteiger partial charge is 0.480 e. The smallest absolute Gasteiger partial charge is 0.323 e. The molecule has 0 radical (unpaired) electrons. The molecule has 0 aliphatic carbocycles. The molecule has 0 aromatic heterocycles. The van der Waals surface area contributed by atoms with E-state index in [2.05, 4.69) is 6.92 Å². The Hall–Kier alpha value is -1.26. The molecule has 0 aromatic carbocycles. The van der Waals surface area contributed by atoms with E-state index in [0.717, 1.165) is 25.9 Å². The second kappa shape index (κ2) is 6.61. The first kappa shape index (κ1) is 14.8. The zero-order chi connectivity index (χ0) is 13.7. The second-order valence-corrected chi connectivity index (χ2v) is 5.64. The number of carbonyl (C=O) groups excluding carboxylic acids is 1. The lowest BCUT2D eigenvalue weighted by Gasteiger charge is -2.35. The van der Waals surface area contributed by atoms with Crippen LogP contribution in [-0.4, -0.2) is 53.1 Å². The third-order valence-corrected chi connectivity index (χ3v) is 3.11. The van der Waals surface area contributed by atoms with Crippen molar-refractivity contribution in [2.24, 2.45) is 11.8 Å². The number of carboxylic acid groups (broad SMARTS) is 1. The molecule has 18 heavy (non-hydrogen) atoms. The molecule has 1 unspecified atom stereocenters. The number of rotatable bonds is 4. The number of likely N-dealkylation sites (tertiary alicyclic amines) is 1. The zero-order valence-corrected chi connectivity index (χ0v) is 11.6. The van der Waals surface area contributed by atoms with Crippen LogP contribution in [-0.2, 0) is 4.79 Å². The number of amides is 2. The molecular formula is C13H24N2O3. The zero-order valence-electron chi connectivity index (χ0n) is 11.6. The Kier molecular flexibility index (Phi) is 5.44. The maximum atomic E-state index is 12.3. The van der Waals surface area contributed by atoms with Gasteiger partial charge in [-0.15, -0.1) is 0 Å². The quantitative estimate of drug-likeness (QED) is 0.835. The second-order valence-electron chi connectivity index (χ2n) is 5.64. The van der Waals surface area contributed by atoms with Gasteiger partial charge in [-0.05, 0) is 24.7 Å². The van der Waals surface area contributed by atoms with Crippen molar-refractivity contribution >= 4 is 12.0 Å². The summed E-state index contributed by atoms with van der Waals surface area (Å²) in [6.07, 6.45) is 2.16. The van der Waals surface area contributed by atoms with Gasteiger partial charge in [-0.3, -0.25) is 4.79 Å². The van der Waals surface area contributed by atoms with E-state index in [-0.39, 0.29) is 18.5 Å². The minimum atomic E-state index is -0.950. The Morgan fingerprint density at radius 2 is 2.11 bits per heavy atom. The monoisotopic (exact) mass is 256 g/mol. The highest BCUT2D eigenvalue weighted by molar-refractivity contribution is 5.80. The fourth-order valence-electron chi connectivity index (χ4n) is 2.38. The molecular weight excluding hydrogens is 232 g/mol. The lowest BCUT2D eigenvalue weighted by molar-refractivity contribution is -0.137. The van der Waals surface area contributed by atoms with Crippen LogP contribution in [0.2, 0.25) is 0 Å². The Balaban J connectivity index is 2.64. The first-order chi connectivity index (χ1) is 8.40.